The summed E-state index contributed by atoms with van der Waals surface area (Å²) in [7, 11) is 0. The van der Waals surface area contributed by atoms with Crippen LogP contribution in [0.15, 0.2) is 30.3 Å². The van der Waals surface area contributed by atoms with E-state index in [0.29, 0.717) is 18.5 Å². The molecule has 0 spiro atoms. The Balaban J connectivity index is 1.93. The number of nitrogens with one attached hydrogen (secondary N) is 1. The van der Waals surface area contributed by atoms with Gasteiger partial charge in [-0.1, -0.05) is 44.2 Å². The first-order chi connectivity index (χ1) is 13.8. The molecule has 1 aliphatic carbocycles. The maximum atomic E-state index is 12.7. The minimum absolute atomic E-state index is 0.0677. The lowest BCUT2D eigenvalue weighted by atomic mass is 9.91. The van der Waals surface area contributed by atoms with E-state index in [4.69, 9.17) is 5.73 Å². The molecule has 0 saturated carbocycles. The summed E-state index contributed by atoms with van der Waals surface area (Å²) in [6, 6.07) is 9.36. The molecule has 1 heterocycles. The molecule has 1 unspecified atom stereocenters. The van der Waals surface area contributed by atoms with Crippen LogP contribution in [0.4, 0.5) is 0 Å². The number of fused-ring (bicyclic) bond motifs is 1. The standard InChI is InChI=1S/C23H29N3O3/c1-14(2)22(23(24)29)25-20(28)12-17-15(3)26(13-16-8-5-4-6-9-16)18-10-7-11-19(27)21(17)18/h4-6,8-9,14,22H,7,10-13H2,1-3H3,(H2,24,29)(H,25,28). The van der Waals surface area contributed by atoms with Gasteiger partial charge in [0.2, 0.25) is 11.8 Å². The van der Waals surface area contributed by atoms with E-state index >= 15 is 0 Å². The molecule has 3 rings (SSSR count). The quantitative estimate of drug-likeness (QED) is 0.754. The van der Waals surface area contributed by atoms with E-state index in [9.17, 15) is 14.4 Å². The Morgan fingerprint density at radius 3 is 2.48 bits per heavy atom. The normalized spacial score (nSPS) is 14.6. The third-order valence-electron chi connectivity index (χ3n) is 5.66. The molecule has 1 aromatic carbocycles. The Hall–Kier alpha value is -2.89. The highest BCUT2D eigenvalue weighted by Gasteiger charge is 2.30. The zero-order chi connectivity index (χ0) is 21.1. The van der Waals surface area contributed by atoms with Crippen LogP contribution in [0.1, 0.15) is 59.6 Å². The molecular formula is C23H29N3O3. The number of primary amides is 1. The summed E-state index contributed by atoms with van der Waals surface area (Å²) in [5, 5.41) is 2.74. The van der Waals surface area contributed by atoms with Gasteiger partial charge in [-0.15, -0.1) is 0 Å². The van der Waals surface area contributed by atoms with Gasteiger partial charge in [-0.2, -0.15) is 0 Å². The molecule has 0 aliphatic heterocycles. The van der Waals surface area contributed by atoms with Crippen LogP contribution in [-0.2, 0) is 29.0 Å². The molecule has 0 bridgehead atoms. The van der Waals surface area contributed by atoms with Gasteiger partial charge in [0.1, 0.15) is 6.04 Å². The summed E-state index contributed by atoms with van der Waals surface area (Å²) in [6.45, 7) is 6.30. The second-order valence-electron chi connectivity index (χ2n) is 8.10. The molecule has 2 aromatic rings. The minimum atomic E-state index is -0.722. The van der Waals surface area contributed by atoms with Crippen LogP contribution in [0.2, 0.25) is 0 Å². The number of hydrogen-bond donors (Lipinski definition) is 2. The van der Waals surface area contributed by atoms with Gasteiger partial charge in [0.15, 0.2) is 5.78 Å². The second kappa shape index (κ2) is 8.64. The van der Waals surface area contributed by atoms with E-state index < -0.39 is 11.9 Å². The molecule has 6 nitrogen and oxygen atoms in total. The van der Waals surface area contributed by atoms with Gasteiger partial charge in [0.25, 0.3) is 0 Å². The highest BCUT2D eigenvalue weighted by molar-refractivity contribution is 6.01. The number of nitrogens with two attached hydrogens (primary N) is 1. The third kappa shape index (κ3) is 4.42. The number of carbonyl (C=O) groups is 3. The van der Waals surface area contributed by atoms with Crippen molar-refractivity contribution in [3.8, 4) is 0 Å². The minimum Gasteiger partial charge on any atom is -0.368 e. The summed E-state index contributed by atoms with van der Waals surface area (Å²) >= 11 is 0. The summed E-state index contributed by atoms with van der Waals surface area (Å²) in [6.07, 6.45) is 2.23. The van der Waals surface area contributed by atoms with Crippen molar-refractivity contribution in [1.29, 1.82) is 0 Å². The molecule has 29 heavy (non-hydrogen) atoms. The van der Waals surface area contributed by atoms with E-state index in [1.54, 1.807) is 0 Å². The Bertz CT molecular complexity index is 929. The Labute approximate surface area is 171 Å². The number of ketones is 1. The lowest BCUT2D eigenvalue weighted by Crippen LogP contribution is -2.48. The Kier molecular flexibility index (Phi) is 6.20. The van der Waals surface area contributed by atoms with E-state index in [2.05, 4.69) is 22.0 Å². The van der Waals surface area contributed by atoms with Crippen molar-refractivity contribution in [2.45, 2.75) is 59.0 Å². The van der Waals surface area contributed by atoms with Gasteiger partial charge >= 0.3 is 0 Å². The fourth-order valence-electron chi connectivity index (χ4n) is 4.13. The Morgan fingerprint density at radius 1 is 1.17 bits per heavy atom. The van der Waals surface area contributed by atoms with Crippen LogP contribution in [0.5, 0.6) is 0 Å². The van der Waals surface area contributed by atoms with E-state index in [1.165, 1.54) is 0 Å². The van der Waals surface area contributed by atoms with Crippen molar-refractivity contribution in [3.63, 3.8) is 0 Å². The number of hydrogen-bond acceptors (Lipinski definition) is 3. The average molecular weight is 396 g/mol. The lowest BCUT2D eigenvalue weighted by molar-refractivity contribution is -0.127. The van der Waals surface area contributed by atoms with Crippen molar-refractivity contribution in [1.82, 2.24) is 9.88 Å². The zero-order valence-corrected chi connectivity index (χ0v) is 17.3. The van der Waals surface area contributed by atoms with Crippen LogP contribution >= 0.6 is 0 Å². The summed E-state index contributed by atoms with van der Waals surface area (Å²) < 4.78 is 2.17. The topological polar surface area (TPSA) is 94.2 Å². The summed E-state index contributed by atoms with van der Waals surface area (Å²) in [5.41, 5.74) is 9.98. The first kappa shape index (κ1) is 20.8. The molecule has 1 aromatic heterocycles. The number of carbonyl (C=O) groups excluding carboxylic acids is 3. The van der Waals surface area contributed by atoms with Crippen LogP contribution in [0.25, 0.3) is 0 Å². The van der Waals surface area contributed by atoms with Crippen LogP contribution in [-0.4, -0.2) is 28.2 Å². The van der Waals surface area contributed by atoms with Crippen molar-refractivity contribution in [2.75, 3.05) is 0 Å². The van der Waals surface area contributed by atoms with Crippen LogP contribution in [0.3, 0.4) is 0 Å². The SMILES string of the molecule is Cc1c(CC(=O)NC(C(N)=O)C(C)C)c2c(n1Cc1ccccc1)CCCC2=O. The zero-order valence-electron chi connectivity index (χ0n) is 17.3. The highest BCUT2D eigenvalue weighted by Crippen LogP contribution is 2.31. The third-order valence-corrected chi connectivity index (χ3v) is 5.66. The fourth-order valence-corrected chi connectivity index (χ4v) is 4.13. The first-order valence-corrected chi connectivity index (χ1v) is 10.2. The van der Waals surface area contributed by atoms with E-state index in [-0.39, 0.29) is 24.0 Å². The van der Waals surface area contributed by atoms with Crippen molar-refractivity contribution in [3.05, 3.63) is 58.4 Å². The lowest BCUT2D eigenvalue weighted by Gasteiger charge is -2.19. The summed E-state index contributed by atoms with van der Waals surface area (Å²) in [5.74, 6) is -0.844. The molecule has 0 radical (unpaired) electrons. The van der Waals surface area contributed by atoms with Gasteiger partial charge in [-0.05, 0) is 36.8 Å². The monoisotopic (exact) mass is 395 g/mol. The molecule has 6 heteroatoms. The molecule has 1 atom stereocenters. The fraction of sp³-hybridized carbons (Fsp3) is 0.435. The molecule has 3 N–H and O–H groups in total. The molecule has 154 valence electrons. The van der Waals surface area contributed by atoms with Gasteiger partial charge in [0.05, 0.1) is 6.42 Å². The van der Waals surface area contributed by atoms with Gasteiger partial charge < -0.3 is 15.6 Å². The number of amides is 2. The van der Waals surface area contributed by atoms with Crippen molar-refractivity contribution < 1.29 is 14.4 Å². The number of rotatable bonds is 7. The molecule has 2 amide bonds. The largest absolute Gasteiger partial charge is 0.368 e. The Morgan fingerprint density at radius 2 is 1.86 bits per heavy atom. The number of nitrogens with zero attached hydrogens (tertiary/aromatic N) is 1. The van der Waals surface area contributed by atoms with Gasteiger partial charge in [-0.25, -0.2) is 0 Å². The molecule has 1 aliphatic rings. The first-order valence-electron chi connectivity index (χ1n) is 10.2. The average Bonchev–Trinajstić information content (AvgIpc) is 2.93. The maximum Gasteiger partial charge on any atom is 0.240 e. The molecule has 0 fully saturated rings. The second-order valence-corrected chi connectivity index (χ2v) is 8.10. The van der Waals surface area contributed by atoms with Crippen LogP contribution < -0.4 is 11.1 Å². The number of benzene rings is 1. The smallest absolute Gasteiger partial charge is 0.240 e. The van der Waals surface area contributed by atoms with Gasteiger partial charge in [-0.3, -0.25) is 14.4 Å². The molecular weight excluding hydrogens is 366 g/mol. The summed E-state index contributed by atoms with van der Waals surface area (Å²) in [4.78, 5) is 37.1. The van der Waals surface area contributed by atoms with Gasteiger partial charge in [0, 0.05) is 29.9 Å². The number of aromatic nitrogens is 1. The predicted molar refractivity (Wildman–Crippen MR) is 112 cm³/mol. The van der Waals surface area contributed by atoms with Crippen molar-refractivity contribution in [2.24, 2.45) is 11.7 Å². The highest BCUT2D eigenvalue weighted by atomic mass is 16.2. The molecule has 0 saturated heterocycles. The predicted octanol–water partition coefficient (Wildman–Crippen LogP) is 2.53. The van der Waals surface area contributed by atoms with E-state index in [0.717, 1.165) is 35.4 Å². The van der Waals surface area contributed by atoms with E-state index in [1.807, 2.05) is 39.0 Å². The maximum absolute atomic E-state index is 12.7. The van der Waals surface area contributed by atoms with Crippen molar-refractivity contribution >= 4 is 17.6 Å². The number of Topliss-reactive ketones (excluding diaryl/α,β-unsaturated/α-hetero) is 1. The van der Waals surface area contributed by atoms with Crippen LogP contribution in [0, 0.1) is 12.8 Å².